The van der Waals surface area contributed by atoms with Crippen molar-refractivity contribution < 1.29 is 23.7 Å². The van der Waals surface area contributed by atoms with Crippen LogP contribution in [0.4, 0.5) is 0 Å². The smallest absolute Gasteiger partial charge is 0.172 e. The van der Waals surface area contributed by atoms with Crippen LogP contribution in [-0.2, 0) is 6.42 Å². The average Bonchev–Trinajstić information content (AvgIpc) is 2.64. The number of ether oxygens (including phenoxy) is 4. The van der Waals surface area contributed by atoms with Gasteiger partial charge < -0.3 is 18.9 Å². The van der Waals surface area contributed by atoms with Crippen molar-refractivity contribution in [2.75, 3.05) is 0 Å². The molecule has 200 valence electrons. The summed E-state index contributed by atoms with van der Waals surface area (Å²) in [7, 11) is 0. The Morgan fingerprint density at radius 3 is 1.69 bits per heavy atom. The molecule has 0 atom stereocenters. The third-order valence-corrected chi connectivity index (χ3v) is 4.60. The lowest BCUT2D eigenvalue weighted by Gasteiger charge is -2.28. The quantitative estimate of drug-likeness (QED) is 0.343. The van der Waals surface area contributed by atoms with Crippen molar-refractivity contribution in [2.45, 2.75) is 118 Å². The number of para-hydroxylation sites is 1. The molecular weight excluding hydrogens is 452 g/mol. The summed E-state index contributed by atoms with van der Waals surface area (Å²) in [5, 5.41) is 0. The second kappa shape index (κ2) is 10.7. The molecule has 0 fully saturated rings. The molecular formula is C31H46O5. The fourth-order valence-corrected chi connectivity index (χ4v) is 3.54. The van der Waals surface area contributed by atoms with Crippen LogP contribution in [-0.4, -0.2) is 28.2 Å². The van der Waals surface area contributed by atoms with E-state index in [4.69, 9.17) is 18.9 Å². The van der Waals surface area contributed by atoms with E-state index in [2.05, 4.69) is 0 Å². The Balaban J connectivity index is 2.40. The van der Waals surface area contributed by atoms with E-state index in [-0.39, 0.29) is 17.0 Å². The third-order valence-electron chi connectivity index (χ3n) is 4.60. The van der Waals surface area contributed by atoms with Crippen LogP contribution in [0.1, 0.15) is 105 Å². The molecule has 2 aromatic carbocycles. The molecule has 36 heavy (non-hydrogen) atoms. The zero-order valence-electron chi connectivity index (χ0n) is 24.4. The van der Waals surface area contributed by atoms with E-state index >= 15 is 0 Å². The highest BCUT2D eigenvalue weighted by Crippen LogP contribution is 2.37. The Morgan fingerprint density at radius 2 is 1.17 bits per heavy atom. The molecule has 0 radical (unpaired) electrons. The van der Waals surface area contributed by atoms with Gasteiger partial charge in [0.05, 0.1) is 5.56 Å². The molecule has 0 saturated heterocycles. The van der Waals surface area contributed by atoms with Crippen molar-refractivity contribution in [3.8, 4) is 23.0 Å². The van der Waals surface area contributed by atoms with Crippen LogP contribution < -0.4 is 18.9 Å². The van der Waals surface area contributed by atoms with Gasteiger partial charge in [0.2, 0.25) is 0 Å². The highest BCUT2D eigenvalue weighted by Gasteiger charge is 2.25. The summed E-state index contributed by atoms with van der Waals surface area (Å²) in [6.45, 7) is 23.9. The van der Waals surface area contributed by atoms with Crippen LogP contribution in [0.2, 0.25) is 0 Å². The minimum Gasteiger partial charge on any atom is -0.488 e. The Bertz CT molecular complexity index is 1040. The molecule has 5 nitrogen and oxygen atoms in total. The molecule has 0 aliphatic heterocycles. The first-order valence-corrected chi connectivity index (χ1v) is 12.8. The van der Waals surface area contributed by atoms with Gasteiger partial charge in [-0.25, -0.2) is 0 Å². The predicted octanol–water partition coefficient (Wildman–Crippen LogP) is 8.21. The molecule has 0 N–H and O–H groups in total. The molecule has 0 saturated carbocycles. The van der Waals surface area contributed by atoms with Gasteiger partial charge >= 0.3 is 0 Å². The largest absolute Gasteiger partial charge is 0.488 e. The molecule has 0 amide bonds. The van der Waals surface area contributed by atoms with Crippen LogP contribution in [0.3, 0.4) is 0 Å². The van der Waals surface area contributed by atoms with Gasteiger partial charge in [-0.1, -0.05) is 6.07 Å². The number of carbonyl (C=O) groups is 1. The van der Waals surface area contributed by atoms with Crippen molar-refractivity contribution >= 4 is 5.78 Å². The normalized spacial score (nSPS) is 12.8. The molecule has 0 aliphatic carbocycles. The number of benzene rings is 2. The lowest BCUT2D eigenvalue weighted by molar-refractivity contribution is 0.0885. The molecule has 0 heterocycles. The van der Waals surface area contributed by atoms with E-state index in [1.165, 1.54) is 0 Å². The maximum absolute atomic E-state index is 13.5. The number of Topliss-reactive ketones (excluding diaryl/α,β-unsaturated/α-hetero) is 1. The topological polar surface area (TPSA) is 54.0 Å². The van der Waals surface area contributed by atoms with Gasteiger partial charge in [0, 0.05) is 6.42 Å². The van der Waals surface area contributed by atoms with Gasteiger partial charge in [0.1, 0.15) is 33.9 Å². The van der Waals surface area contributed by atoms with E-state index in [0.717, 1.165) is 17.1 Å². The number of hydrogen-bond donors (Lipinski definition) is 0. The van der Waals surface area contributed by atoms with Gasteiger partial charge in [-0.05, 0) is 125 Å². The maximum atomic E-state index is 13.5. The highest BCUT2D eigenvalue weighted by atomic mass is 16.5. The third kappa shape index (κ3) is 10.1. The van der Waals surface area contributed by atoms with E-state index in [9.17, 15) is 4.79 Å². The summed E-state index contributed by atoms with van der Waals surface area (Å²) in [6, 6.07) is 11.3. The van der Waals surface area contributed by atoms with Gasteiger partial charge in [-0.15, -0.1) is 0 Å². The van der Waals surface area contributed by atoms with Crippen LogP contribution in [0.15, 0.2) is 36.4 Å². The van der Waals surface area contributed by atoms with Crippen LogP contribution in [0.5, 0.6) is 23.0 Å². The van der Waals surface area contributed by atoms with Crippen molar-refractivity contribution in [3.05, 3.63) is 47.5 Å². The summed E-state index contributed by atoms with van der Waals surface area (Å²) < 4.78 is 24.7. The molecule has 2 rings (SSSR count). The number of hydrogen-bond acceptors (Lipinski definition) is 5. The van der Waals surface area contributed by atoms with Crippen LogP contribution in [0, 0.1) is 0 Å². The van der Waals surface area contributed by atoms with Crippen LogP contribution in [0.25, 0.3) is 0 Å². The summed E-state index contributed by atoms with van der Waals surface area (Å²) in [5.74, 6) is 2.55. The summed E-state index contributed by atoms with van der Waals surface area (Å²) in [4.78, 5) is 13.5. The Morgan fingerprint density at radius 1 is 0.639 bits per heavy atom. The SMILES string of the molecule is CC(C)(C)Oc1ccc(OC(C)(C)C)c(CCC(=O)c2cccc(OC(C)(C)C)c2OC(C)(C)C)c1. The monoisotopic (exact) mass is 498 g/mol. The van der Waals surface area contributed by atoms with E-state index in [1.807, 2.05) is 119 Å². The first kappa shape index (κ1) is 29.5. The molecule has 0 unspecified atom stereocenters. The van der Waals surface area contributed by atoms with Gasteiger partial charge in [0.25, 0.3) is 0 Å². The van der Waals surface area contributed by atoms with Gasteiger partial charge in [-0.3, -0.25) is 4.79 Å². The number of carbonyl (C=O) groups excluding carboxylic acids is 1. The summed E-state index contributed by atoms with van der Waals surface area (Å²) in [6.07, 6.45) is 0.795. The van der Waals surface area contributed by atoms with E-state index < -0.39 is 11.2 Å². The van der Waals surface area contributed by atoms with Crippen molar-refractivity contribution in [3.63, 3.8) is 0 Å². The molecule has 0 bridgehead atoms. The van der Waals surface area contributed by atoms with Crippen molar-refractivity contribution in [1.82, 2.24) is 0 Å². The molecule has 0 aromatic heterocycles. The minimum atomic E-state index is -0.487. The van der Waals surface area contributed by atoms with Gasteiger partial charge in [-0.2, -0.15) is 0 Å². The zero-order valence-corrected chi connectivity index (χ0v) is 24.4. The average molecular weight is 499 g/mol. The summed E-state index contributed by atoms with van der Waals surface area (Å²) >= 11 is 0. The van der Waals surface area contributed by atoms with E-state index in [0.29, 0.717) is 29.9 Å². The fourth-order valence-electron chi connectivity index (χ4n) is 3.54. The van der Waals surface area contributed by atoms with Crippen molar-refractivity contribution in [1.29, 1.82) is 0 Å². The van der Waals surface area contributed by atoms with E-state index in [1.54, 1.807) is 0 Å². The predicted molar refractivity (Wildman–Crippen MR) is 147 cm³/mol. The second-order valence-corrected chi connectivity index (χ2v) is 13.2. The molecule has 5 heteroatoms. The lowest BCUT2D eigenvalue weighted by Crippen LogP contribution is -2.27. The first-order valence-electron chi connectivity index (χ1n) is 12.8. The highest BCUT2D eigenvalue weighted by molar-refractivity contribution is 5.99. The Kier molecular flexibility index (Phi) is 8.81. The first-order chi connectivity index (χ1) is 16.2. The van der Waals surface area contributed by atoms with Crippen molar-refractivity contribution in [2.24, 2.45) is 0 Å². The molecule has 0 spiro atoms. The number of rotatable bonds is 8. The minimum absolute atomic E-state index is 0.0162. The summed E-state index contributed by atoms with van der Waals surface area (Å²) in [5.41, 5.74) is -0.153. The number of ketones is 1. The second-order valence-electron chi connectivity index (χ2n) is 13.2. The Labute approximate surface area is 218 Å². The van der Waals surface area contributed by atoms with Gasteiger partial charge in [0.15, 0.2) is 17.3 Å². The lowest BCUT2D eigenvalue weighted by atomic mass is 10.00. The zero-order chi connectivity index (χ0) is 27.5. The standard InChI is InChI=1S/C31H46O5/c1-28(2,3)33-22-17-19-25(34-29(4,5)6)21(20-22)16-18-24(32)23-14-13-15-26(35-30(7,8)9)27(23)36-31(10,11)12/h13-15,17,19-20H,16,18H2,1-12H3. The molecule has 2 aromatic rings. The molecule has 0 aliphatic rings. The Hall–Kier alpha value is -2.69. The number of aryl methyl sites for hydroxylation is 1. The van der Waals surface area contributed by atoms with Crippen LogP contribution >= 0.6 is 0 Å². The maximum Gasteiger partial charge on any atom is 0.172 e. The fraction of sp³-hybridized carbons (Fsp3) is 0.581.